The van der Waals surface area contributed by atoms with Crippen LogP contribution >= 0.6 is 0 Å². The first-order valence-electron chi connectivity index (χ1n) is 8.05. The van der Waals surface area contributed by atoms with Crippen LogP contribution in [0.3, 0.4) is 0 Å². The number of hydrogen-bond acceptors (Lipinski definition) is 3. The van der Waals surface area contributed by atoms with Crippen LogP contribution in [0.1, 0.15) is 56.3 Å². The smallest absolute Gasteiger partial charge is 0.416 e. The van der Waals surface area contributed by atoms with Gasteiger partial charge in [-0.05, 0) is 24.1 Å². The van der Waals surface area contributed by atoms with Gasteiger partial charge in [0.25, 0.3) is 5.91 Å². The van der Waals surface area contributed by atoms with Crippen molar-refractivity contribution in [2.24, 2.45) is 0 Å². The minimum Gasteiger partial charge on any atom is -0.480 e. The molecule has 0 aliphatic rings. The highest BCUT2D eigenvalue weighted by molar-refractivity contribution is 5.86. The van der Waals surface area contributed by atoms with Gasteiger partial charge >= 0.3 is 12.1 Å². The number of alkyl halides is 3. The molecule has 0 aromatic heterocycles. The van der Waals surface area contributed by atoms with Gasteiger partial charge in [0.15, 0.2) is 6.10 Å². The van der Waals surface area contributed by atoms with Crippen LogP contribution in [0.15, 0.2) is 24.3 Å². The molecule has 0 aliphatic heterocycles. The molecule has 0 heterocycles. The minimum absolute atomic E-state index is 0.0411. The van der Waals surface area contributed by atoms with E-state index in [1.807, 2.05) is 6.92 Å². The van der Waals surface area contributed by atoms with Gasteiger partial charge in [-0.15, -0.1) is 0 Å². The second-order valence-corrected chi connectivity index (χ2v) is 5.77. The maximum Gasteiger partial charge on any atom is 0.416 e. The molecule has 0 bridgehead atoms. The Morgan fingerprint density at radius 2 is 1.72 bits per heavy atom. The third-order valence-corrected chi connectivity index (χ3v) is 3.76. The van der Waals surface area contributed by atoms with Crippen molar-refractivity contribution in [3.05, 3.63) is 35.4 Å². The van der Waals surface area contributed by atoms with Crippen molar-refractivity contribution in [1.82, 2.24) is 5.32 Å². The molecule has 2 atom stereocenters. The highest BCUT2D eigenvalue weighted by Crippen LogP contribution is 2.30. The first-order valence-corrected chi connectivity index (χ1v) is 8.05. The van der Waals surface area contributed by atoms with E-state index < -0.39 is 35.8 Å². The molecule has 5 nitrogen and oxygen atoms in total. The Morgan fingerprint density at radius 1 is 1.12 bits per heavy atom. The Bertz CT molecular complexity index is 572. The number of benzene rings is 1. The summed E-state index contributed by atoms with van der Waals surface area (Å²) in [6.45, 7) is 2.01. The van der Waals surface area contributed by atoms with Gasteiger partial charge in [-0.1, -0.05) is 44.7 Å². The van der Waals surface area contributed by atoms with E-state index in [9.17, 15) is 27.9 Å². The Kier molecular flexibility index (Phi) is 7.89. The number of aliphatic hydroxyl groups is 1. The van der Waals surface area contributed by atoms with E-state index in [1.54, 1.807) is 0 Å². The molecule has 140 valence electrons. The minimum atomic E-state index is -4.52. The second-order valence-electron chi connectivity index (χ2n) is 5.77. The molecule has 0 spiro atoms. The third-order valence-electron chi connectivity index (χ3n) is 3.76. The maximum absolute atomic E-state index is 12.5. The van der Waals surface area contributed by atoms with E-state index in [0.29, 0.717) is 6.42 Å². The highest BCUT2D eigenvalue weighted by Gasteiger charge is 2.31. The quantitative estimate of drug-likeness (QED) is 0.589. The van der Waals surface area contributed by atoms with Crippen molar-refractivity contribution < 1.29 is 33.0 Å². The van der Waals surface area contributed by atoms with E-state index in [-0.39, 0.29) is 12.0 Å². The number of aliphatic hydroxyl groups excluding tert-OH is 1. The summed E-state index contributed by atoms with van der Waals surface area (Å²) in [5.74, 6) is -2.17. The topological polar surface area (TPSA) is 86.6 Å². The lowest BCUT2D eigenvalue weighted by molar-refractivity contribution is -0.143. The van der Waals surface area contributed by atoms with Crippen LogP contribution in [0.2, 0.25) is 0 Å². The monoisotopic (exact) mass is 361 g/mol. The second kappa shape index (κ2) is 9.41. The molecule has 1 aromatic carbocycles. The fourth-order valence-electron chi connectivity index (χ4n) is 2.29. The van der Waals surface area contributed by atoms with Crippen LogP contribution in [0, 0.1) is 0 Å². The number of carbonyl (C=O) groups is 2. The molecular formula is C17H22F3NO4. The Balaban J connectivity index is 2.68. The van der Waals surface area contributed by atoms with Crippen molar-refractivity contribution in [3.63, 3.8) is 0 Å². The summed E-state index contributed by atoms with van der Waals surface area (Å²) < 4.78 is 37.5. The van der Waals surface area contributed by atoms with E-state index in [2.05, 4.69) is 5.32 Å². The zero-order valence-electron chi connectivity index (χ0n) is 13.8. The number of amides is 1. The van der Waals surface area contributed by atoms with Gasteiger partial charge in [0.2, 0.25) is 0 Å². The lowest BCUT2D eigenvalue weighted by Crippen LogP contribution is -2.43. The van der Waals surface area contributed by atoms with Gasteiger partial charge in [-0.25, -0.2) is 4.79 Å². The van der Waals surface area contributed by atoms with E-state index in [1.165, 1.54) is 0 Å². The number of nitrogens with one attached hydrogen (secondary N) is 1. The lowest BCUT2D eigenvalue weighted by Gasteiger charge is -2.18. The highest BCUT2D eigenvalue weighted by atomic mass is 19.4. The molecule has 1 aromatic rings. The first-order chi connectivity index (χ1) is 11.7. The van der Waals surface area contributed by atoms with Crippen molar-refractivity contribution in [1.29, 1.82) is 0 Å². The average Bonchev–Trinajstić information content (AvgIpc) is 2.55. The third kappa shape index (κ3) is 6.74. The Morgan fingerprint density at radius 3 is 2.20 bits per heavy atom. The molecule has 0 saturated carbocycles. The standard InChI is InChI=1S/C17H22F3NO4/c1-2-3-4-5-6-13(16(24)25)21-15(23)14(22)11-7-9-12(10-8-11)17(18,19)20/h7-10,13-14,22H,2-6H2,1H3,(H,21,23)(H,24,25)/t13-,14-/m0/s1. The number of halogens is 3. The summed E-state index contributed by atoms with van der Waals surface area (Å²) in [5, 5.41) is 21.3. The van der Waals surface area contributed by atoms with Crippen molar-refractivity contribution in [2.75, 3.05) is 0 Å². The zero-order valence-corrected chi connectivity index (χ0v) is 13.8. The lowest BCUT2D eigenvalue weighted by atomic mass is 10.0. The fourth-order valence-corrected chi connectivity index (χ4v) is 2.29. The molecule has 8 heteroatoms. The summed E-state index contributed by atoms with van der Waals surface area (Å²) >= 11 is 0. The normalized spacial score (nSPS) is 14.0. The first kappa shape index (κ1) is 21.0. The molecule has 1 amide bonds. The summed E-state index contributed by atoms with van der Waals surface area (Å²) in [6, 6.07) is 2.35. The van der Waals surface area contributed by atoms with E-state index in [4.69, 9.17) is 5.11 Å². The number of hydrogen-bond donors (Lipinski definition) is 3. The summed E-state index contributed by atoms with van der Waals surface area (Å²) in [6.07, 6.45) is -2.65. The molecule has 25 heavy (non-hydrogen) atoms. The fraction of sp³-hybridized carbons (Fsp3) is 0.529. The van der Waals surface area contributed by atoms with Crippen molar-refractivity contribution >= 4 is 11.9 Å². The van der Waals surface area contributed by atoms with E-state index >= 15 is 0 Å². The van der Waals surface area contributed by atoms with Crippen LogP contribution in [-0.2, 0) is 15.8 Å². The van der Waals surface area contributed by atoms with Crippen molar-refractivity contribution in [2.45, 2.75) is 57.3 Å². The van der Waals surface area contributed by atoms with Crippen LogP contribution in [0.25, 0.3) is 0 Å². The molecule has 0 fully saturated rings. The predicted molar refractivity (Wildman–Crippen MR) is 84.7 cm³/mol. The van der Waals surface area contributed by atoms with Gasteiger partial charge in [0.05, 0.1) is 5.56 Å². The average molecular weight is 361 g/mol. The van der Waals surface area contributed by atoms with Crippen LogP contribution in [0.4, 0.5) is 13.2 Å². The largest absolute Gasteiger partial charge is 0.480 e. The number of rotatable bonds is 9. The Labute approximate surface area is 143 Å². The number of carboxylic acid groups (broad SMARTS) is 1. The number of aliphatic carboxylic acids is 1. The Hall–Kier alpha value is -2.09. The molecule has 0 radical (unpaired) electrons. The molecule has 0 saturated heterocycles. The zero-order chi connectivity index (χ0) is 19.0. The van der Waals surface area contributed by atoms with Crippen molar-refractivity contribution in [3.8, 4) is 0 Å². The number of carbonyl (C=O) groups excluding carboxylic acids is 1. The summed E-state index contributed by atoms with van der Waals surface area (Å²) in [5.41, 5.74) is -0.941. The SMILES string of the molecule is CCCCCC[C@H](NC(=O)[C@@H](O)c1ccc(C(F)(F)F)cc1)C(=O)O. The van der Waals surface area contributed by atoms with Crippen LogP contribution in [0.5, 0.6) is 0 Å². The molecular weight excluding hydrogens is 339 g/mol. The van der Waals surface area contributed by atoms with Gasteiger partial charge < -0.3 is 15.5 Å². The number of carboxylic acids is 1. The van der Waals surface area contributed by atoms with E-state index in [0.717, 1.165) is 43.5 Å². The summed E-state index contributed by atoms with van der Waals surface area (Å²) in [7, 11) is 0. The van der Waals surface area contributed by atoms with Crippen LogP contribution in [-0.4, -0.2) is 28.1 Å². The predicted octanol–water partition coefficient (Wildman–Crippen LogP) is 3.28. The summed E-state index contributed by atoms with van der Waals surface area (Å²) in [4.78, 5) is 23.2. The number of unbranched alkanes of at least 4 members (excludes halogenated alkanes) is 3. The van der Waals surface area contributed by atoms with Gasteiger partial charge in [-0.3, -0.25) is 4.79 Å². The molecule has 1 rings (SSSR count). The maximum atomic E-state index is 12.5. The van der Waals surface area contributed by atoms with Gasteiger partial charge in [0, 0.05) is 0 Å². The van der Waals surface area contributed by atoms with Gasteiger partial charge in [-0.2, -0.15) is 13.2 Å². The van der Waals surface area contributed by atoms with Crippen LogP contribution < -0.4 is 5.32 Å². The molecule has 0 unspecified atom stereocenters. The van der Waals surface area contributed by atoms with Gasteiger partial charge in [0.1, 0.15) is 6.04 Å². The molecule has 0 aliphatic carbocycles. The molecule has 3 N–H and O–H groups in total.